The molecule has 128 valence electrons. The summed E-state index contributed by atoms with van der Waals surface area (Å²) in [7, 11) is 1.33. The van der Waals surface area contributed by atoms with Crippen molar-refractivity contribution in [2.75, 3.05) is 12.9 Å². The van der Waals surface area contributed by atoms with Crippen LogP contribution < -0.4 is 5.56 Å². The second-order valence-corrected chi connectivity index (χ2v) is 6.68. The Hall–Kier alpha value is -2.31. The molecule has 5 nitrogen and oxygen atoms in total. The topological polar surface area (TPSA) is 61.2 Å². The lowest BCUT2D eigenvalue weighted by atomic mass is 10.2. The van der Waals surface area contributed by atoms with Gasteiger partial charge in [-0.1, -0.05) is 47.6 Å². The van der Waals surface area contributed by atoms with Crippen LogP contribution in [0.2, 0.25) is 5.02 Å². The number of ether oxygens (including phenoxy) is 1. The van der Waals surface area contributed by atoms with E-state index in [1.54, 1.807) is 34.9 Å². The summed E-state index contributed by atoms with van der Waals surface area (Å²) in [6.07, 6.45) is 0. The van der Waals surface area contributed by atoms with Crippen LogP contribution in [-0.4, -0.2) is 28.4 Å². The molecule has 0 atom stereocenters. The second kappa shape index (κ2) is 7.72. The molecule has 0 unspecified atom stereocenters. The number of hydrogen-bond donors (Lipinski definition) is 0. The van der Waals surface area contributed by atoms with Gasteiger partial charge in [0.1, 0.15) is 0 Å². The van der Waals surface area contributed by atoms with E-state index in [2.05, 4.69) is 9.72 Å². The van der Waals surface area contributed by atoms with Crippen molar-refractivity contribution in [1.82, 2.24) is 9.55 Å². The number of carbonyl (C=O) groups is 1. The minimum atomic E-state index is -0.373. The SMILES string of the molecule is COC(=O)CSc1nc2ccccc2c(=O)n1Cc1cccc(Cl)c1. The molecule has 0 fully saturated rings. The number of fused-ring (bicyclic) bond motifs is 1. The van der Waals surface area contributed by atoms with Crippen LogP contribution in [0, 0.1) is 0 Å². The monoisotopic (exact) mass is 374 g/mol. The number of esters is 1. The van der Waals surface area contributed by atoms with E-state index in [9.17, 15) is 9.59 Å². The minimum absolute atomic E-state index is 0.0802. The first-order valence-corrected chi connectivity index (χ1v) is 8.88. The first-order valence-electron chi connectivity index (χ1n) is 7.52. The summed E-state index contributed by atoms with van der Waals surface area (Å²) in [6.45, 7) is 0.320. The summed E-state index contributed by atoms with van der Waals surface area (Å²) < 4.78 is 6.23. The molecular weight excluding hydrogens is 360 g/mol. The highest BCUT2D eigenvalue weighted by Gasteiger charge is 2.14. The Balaban J connectivity index is 2.07. The van der Waals surface area contributed by atoms with E-state index in [0.717, 1.165) is 5.56 Å². The molecule has 0 saturated carbocycles. The Bertz CT molecular complexity index is 987. The molecule has 0 N–H and O–H groups in total. The molecule has 3 aromatic rings. The third kappa shape index (κ3) is 4.03. The van der Waals surface area contributed by atoms with Crippen LogP contribution in [0.3, 0.4) is 0 Å². The van der Waals surface area contributed by atoms with Crippen LogP contribution >= 0.6 is 23.4 Å². The number of benzene rings is 2. The van der Waals surface area contributed by atoms with E-state index in [4.69, 9.17) is 11.6 Å². The molecule has 0 spiro atoms. The third-order valence-electron chi connectivity index (χ3n) is 3.60. The van der Waals surface area contributed by atoms with E-state index in [-0.39, 0.29) is 17.3 Å². The highest BCUT2D eigenvalue weighted by Crippen LogP contribution is 2.20. The van der Waals surface area contributed by atoms with Gasteiger partial charge in [-0.2, -0.15) is 0 Å². The highest BCUT2D eigenvalue weighted by atomic mass is 35.5. The Morgan fingerprint density at radius 2 is 2.04 bits per heavy atom. The van der Waals surface area contributed by atoms with Crippen LogP contribution in [0.15, 0.2) is 58.5 Å². The average molecular weight is 375 g/mol. The van der Waals surface area contributed by atoms with Crippen LogP contribution in [0.25, 0.3) is 10.9 Å². The lowest BCUT2D eigenvalue weighted by molar-refractivity contribution is -0.137. The lowest BCUT2D eigenvalue weighted by Crippen LogP contribution is -2.24. The van der Waals surface area contributed by atoms with Crippen molar-refractivity contribution in [2.24, 2.45) is 0 Å². The molecule has 0 aliphatic rings. The summed E-state index contributed by atoms with van der Waals surface area (Å²) in [5, 5.41) is 1.60. The minimum Gasteiger partial charge on any atom is -0.468 e. The van der Waals surface area contributed by atoms with E-state index < -0.39 is 0 Å². The van der Waals surface area contributed by atoms with Crippen molar-refractivity contribution in [3.05, 3.63) is 69.5 Å². The highest BCUT2D eigenvalue weighted by molar-refractivity contribution is 7.99. The summed E-state index contributed by atoms with van der Waals surface area (Å²) in [6, 6.07) is 14.5. The zero-order valence-corrected chi connectivity index (χ0v) is 15.0. The van der Waals surface area contributed by atoms with Crippen LogP contribution in [0.4, 0.5) is 0 Å². The summed E-state index contributed by atoms with van der Waals surface area (Å²) in [4.78, 5) is 28.9. The number of rotatable bonds is 5. The molecule has 0 aliphatic heterocycles. The molecule has 0 bridgehead atoms. The fraction of sp³-hybridized carbons (Fsp3) is 0.167. The molecule has 0 saturated heterocycles. The zero-order valence-electron chi connectivity index (χ0n) is 13.4. The molecule has 1 heterocycles. The van der Waals surface area contributed by atoms with Gasteiger partial charge in [0.2, 0.25) is 0 Å². The van der Waals surface area contributed by atoms with Gasteiger partial charge in [-0.05, 0) is 29.8 Å². The Morgan fingerprint density at radius 1 is 1.24 bits per heavy atom. The quantitative estimate of drug-likeness (QED) is 0.389. The summed E-state index contributed by atoms with van der Waals surface area (Å²) in [5.41, 5.74) is 1.33. The number of carbonyl (C=O) groups excluding carboxylic acids is 1. The van der Waals surface area contributed by atoms with Gasteiger partial charge in [0, 0.05) is 5.02 Å². The van der Waals surface area contributed by atoms with Gasteiger partial charge in [0.25, 0.3) is 5.56 Å². The van der Waals surface area contributed by atoms with Gasteiger partial charge in [0.05, 0.1) is 30.3 Å². The number of halogens is 1. The molecule has 0 aliphatic carbocycles. The van der Waals surface area contributed by atoms with Crippen molar-refractivity contribution in [3.63, 3.8) is 0 Å². The van der Waals surface area contributed by atoms with Gasteiger partial charge in [-0.15, -0.1) is 0 Å². The largest absolute Gasteiger partial charge is 0.468 e. The maximum absolute atomic E-state index is 12.9. The smallest absolute Gasteiger partial charge is 0.316 e. The van der Waals surface area contributed by atoms with Gasteiger partial charge >= 0.3 is 5.97 Å². The van der Waals surface area contributed by atoms with Crippen molar-refractivity contribution < 1.29 is 9.53 Å². The van der Waals surface area contributed by atoms with E-state index in [1.165, 1.54) is 18.9 Å². The average Bonchev–Trinajstić information content (AvgIpc) is 2.62. The van der Waals surface area contributed by atoms with E-state index >= 15 is 0 Å². The van der Waals surface area contributed by atoms with Crippen LogP contribution in [0.1, 0.15) is 5.56 Å². The molecular formula is C18H15ClN2O3S. The van der Waals surface area contributed by atoms with Crippen molar-refractivity contribution >= 4 is 40.2 Å². The maximum Gasteiger partial charge on any atom is 0.316 e. The predicted molar refractivity (Wildman–Crippen MR) is 99.3 cm³/mol. The number of aromatic nitrogens is 2. The Kier molecular flexibility index (Phi) is 5.40. The Morgan fingerprint density at radius 3 is 2.80 bits per heavy atom. The van der Waals surface area contributed by atoms with Gasteiger partial charge in [0.15, 0.2) is 5.16 Å². The summed E-state index contributed by atoms with van der Waals surface area (Å²) in [5.74, 6) is -0.293. The number of methoxy groups -OCH3 is 1. The van der Waals surface area contributed by atoms with E-state index in [0.29, 0.717) is 27.6 Å². The number of nitrogens with zero attached hydrogens (tertiary/aromatic N) is 2. The molecule has 25 heavy (non-hydrogen) atoms. The van der Waals surface area contributed by atoms with Gasteiger partial charge in [-0.3, -0.25) is 14.2 Å². The third-order valence-corrected chi connectivity index (χ3v) is 4.79. The molecule has 2 aromatic carbocycles. The van der Waals surface area contributed by atoms with Gasteiger partial charge < -0.3 is 4.74 Å². The molecule has 0 radical (unpaired) electrons. The van der Waals surface area contributed by atoms with E-state index in [1.807, 2.05) is 18.2 Å². The molecule has 0 amide bonds. The van der Waals surface area contributed by atoms with Gasteiger partial charge in [-0.25, -0.2) is 4.98 Å². The van der Waals surface area contributed by atoms with Crippen LogP contribution in [0.5, 0.6) is 0 Å². The fourth-order valence-electron chi connectivity index (χ4n) is 2.40. The molecule has 7 heteroatoms. The van der Waals surface area contributed by atoms with Crippen LogP contribution in [-0.2, 0) is 16.1 Å². The maximum atomic E-state index is 12.9. The number of para-hydroxylation sites is 1. The lowest BCUT2D eigenvalue weighted by Gasteiger charge is -2.13. The summed E-state index contributed by atoms with van der Waals surface area (Å²) >= 11 is 7.21. The first kappa shape index (κ1) is 17.5. The number of hydrogen-bond acceptors (Lipinski definition) is 5. The number of thioether (sulfide) groups is 1. The predicted octanol–water partition coefficient (Wildman–Crippen LogP) is 3.36. The van der Waals surface area contributed by atoms with Crippen molar-refractivity contribution in [1.29, 1.82) is 0 Å². The van der Waals surface area contributed by atoms with Crippen molar-refractivity contribution in [3.8, 4) is 0 Å². The zero-order chi connectivity index (χ0) is 17.8. The molecule has 3 rings (SSSR count). The molecule has 1 aromatic heterocycles. The first-order chi connectivity index (χ1) is 12.1. The second-order valence-electron chi connectivity index (χ2n) is 5.30. The van der Waals surface area contributed by atoms with Crippen molar-refractivity contribution in [2.45, 2.75) is 11.7 Å². The Labute approximate surface area is 153 Å². The normalized spacial score (nSPS) is 10.8. The fourth-order valence-corrected chi connectivity index (χ4v) is 3.44. The standard InChI is InChI=1S/C18H15ClN2O3S/c1-24-16(22)11-25-18-20-15-8-3-2-7-14(15)17(23)21(18)10-12-5-4-6-13(19)9-12/h2-9H,10-11H2,1H3.